The summed E-state index contributed by atoms with van der Waals surface area (Å²) in [5.74, 6) is 0.161. The molecule has 1 aromatic carbocycles. The van der Waals surface area contributed by atoms with E-state index < -0.39 is 0 Å². The van der Waals surface area contributed by atoms with Crippen molar-refractivity contribution in [3.8, 4) is 0 Å². The molecule has 3 atom stereocenters. The van der Waals surface area contributed by atoms with E-state index in [1.165, 1.54) is 0 Å². The van der Waals surface area contributed by atoms with Gasteiger partial charge < -0.3 is 9.64 Å². The molecule has 0 aliphatic carbocycles. The highest BCUT2D eigenvalue weighted by atomic mass is 79.9. The Labute approximate surface area is 146 Å². The topological polar surface area (TPSA) is 32.8 Å². The third-order valence-electron chi connectivity index (χ3n) is 4.69. The van der Waals surface area contributed by atoms with Gasteiger partial charge in [-0.05, 0) is 51.0 Å². The summed E-state index contributed by atoms with van der Waals surface area (Å²) in [5, 5.41) is 0. The highest BCUT2D eigenvalue weighted by Crippen LogP contribution is 2.23. The summed E-state index contributed by atoms with van der Waals surface area (Å²) in [6.07, 6.45) is 2.75. The second-order valence-electron chi connectivity index (χ2n) is 6.78. The number of benzene rings is 1. The van der Waals surface area contributed by atoms with Crippen molar-refractivity contribution in [3.63, 3.8) is 0 Å². The average Bonchev–Trinajstić information content (AvgIpc) is 2.94. The molecule has 4 nitrogen and oxygen atoms in total. The third kappa shape index (κ3) is 4.14. The van der Waals surface area contributed by atoms with Crippen LogP contribution in [-0.2, 0) is 4.74 Å². The SMILES string of the molecule is C[C@@H]1CN(C[C@H]2CCCN2C(=O)c2ccc(Br)cc2)C[C@H](C)O1. The van der Waals surface area contributed by atoms with E-state index in [2.05, 4.69) is 39.6 Å². The molecular weight excluding hydrogens is 356 g/mol. The first-order chi connectivity index (χ1) is 11.0. The summed E-state index contributed by atoms with van der Waals surface area (Å²) in [7, 11) is 0. The van der Waals surface area contributed by atoms with E-state index in [0.717, 1.165) is 49.1 Å². The molecule has 2 aliphatic rings. The van der Waals surface area contributed by atoms with Gasteiger partial charge in [0.25, 0.3) is 5.91 Å². The van der Waals surface area contributed by atoms with Crippen molar-refractivity contribution in [2.24, 2.45) is 0 Å². The van der Waals surface area contributed by atoms with E-state index >= 15 is 0 Å². The van der Waals surface area contributed by atoms with Crippen LogP contribution < -0.4 is 0 Å². The fourth-order valence-electron chi connectivity index (χ4n) is 3.78. The maximum absolute atomic E-state index is 12.8. The van der Waals surface area contributed by atoms with Crippen LogP contribution in [0.25, 0.3) is 0 Å². The maximum Gasteiger partial charge on any atom is 0.254 e. The van der Waals surface area contributed by atoms with Gasteiger partial charge >= 0.3 is 0 Å². The molecule has 0 spiro atoms. The molecule has 5 heteroatoms. The molecule has 0 aromatic heterocycles. The number of carbonyl (C=O) groups is 1. The lowest BCUT2D eigenvalue weighted by atomic mass is 10.1. The van der Waals surface area contributed by atoms with Crippen molar-refractivity contribution in [3.05, 3.63) is 34.3 Å². The number of carbonyl (C=O) groups excluding carboxylic acids is 1. The Morgan fingerprint density at radius 2 is 1.87 bits per heavy atom. The van der Waals surface area contributed by atoms with E-state index in [1.807, 2.05) is 24.3 Å². The number of halogens is 1. The van der Waals surface area contributed by atoms with Crippen LogP contribution in [0.1, 0.15) is 37.0 Å². The van der Waals surface area contributed by atoms with Gasteiger partial charge in [-0.15, -0.1) is 0 Å². The first-order valence-corrected chi connectivity index (χ1v) is 9.26. The Bertz CT molecular complexity index is 538. The minimum Gasteiger partial charge on any atom is -0.373 e. The molecule has 0 bridgehead atoms. The average molecular weight is 381 g/mol. The molecule has 0 N–H and O–H groups in total. The summed E-state index contributed by atoms with van der Waals surface area (Å²) in [5.41, 5.74) is 0.781. The van der Waals surface area contributed by atoms with E-state index in [1.54, 1.807) is 0 Å². The number of likely N-dealkylation sites (tertiary alicyclic amines) is 1. The zero-order valence-corrected chi connectivity index (χ0v) is 15.5. The van der Waals surface area contributed by atoms with E-state index in [9.17, 15) is 4.79 Å². The van der Waals surface area contributed by atoms with Crippen molar-refractivity contribution in [2.75, 3.05) is 26.2 Å². The fraction of sp³-hybridized carbons (Fsp3) is 0.611. The van der Waals surface area contributed by atoms with Crippen LogP contribution in [0.5, 0.6) is 0 Å². The number of hydrogen-bond acceptors (Lipinski definition) is 3. The van der Waals surface area contributed by atoms with Gasteiger partial charge in [-0.1, -0.05) is 15.9 Å². The molecule has 1 aromatic rings. The largest absolute Gasteiger partial charge is 0.373 e. The molecular formula is C18H25BrN2O2. The summed E-state index contributed by atoms with van der Waals surface area (Å²) in [6, 6.07) is 8.00. The van der Waals surface area contributed by atoms with Crippen LogP contribution in [0.4, 0.5) is 0 Å². The predicted molar refractivity (Wildman–Crippen MR) is 94.6 cm³/mol. The molecule has 0 radical (unpaired) electrons. The minimum atomic E-state index is 0.161. The first kappa shape index (κ1) is 16.9. The molecule has 23 heavy (non-hydrogen) atoms. The van der Waals surface area contributed by atoms with Gasteiger partial charge in [-0.25, -0.2) is 0 Å². The van der Waals surface area contributed by atoms with Crippen LogP contribution in [0.15, 0.2) is 28.7 Å². The highest BCUT2D eigenvalue weighted by Gasteiger charge is 2.32. The lowest BCUT2D eigenvalue weighted by Crippen LogP contribution is -2.50. The van der Waals surface area contributed by atoms with Gasteiger partial charge in [-0.3, -0.25) is 9.69 Å². The van der Waals surface area contributed by atoms with Crippen molar-refractivity contribution in [1.29, 1.82) is 0 Å². The van der Waals surface area contributed by atoms with Gasteiger partial charge in [0.15, 0.2) is 0 Å². The minimum absolute atomic E-state index is 0.161. The number of nitrogens with zero attached hydrogens (tertiary/aromatic N) is 2. The normalized spacial score (nSPS) is 29.0. The zero-order valence-electron chi connectivity index (χ0n) is 13.9. The van der Waals surface area contributed by atoms with Crippen LogP contribution in [-0.4, -0.2) is 60.1 Å². The predicted octanol–water partition coefficient (Wildman–Crippen LogP) is 3.16. The van der Waals surface area contributed by atoms with Crippen LogP contribution in [0.2, 0.25) is 0 Å². The lowest BCUT2D eigenvalue weighted by molar-refractivity contribution is -0.0715. The number of amides is 1. The Hall–Kier alpha value is -0.910. The van der Waals surface area contributed by atoms with Gasteiger partial charge in [0, 0.05) is 42.3 Å². The number of ether oxygens (including phenoxy) is 1. The van der Waals surface area contributed by atoms with E-state index in [4.69, 9.17) is 4.74 Å². The third-order valence-corrected chi connectivity index (χ3v) is 5.22. The summed E-state index contributed by atoms with van der Waals surface area (Å²) in [4.78, 5) is 17.3. The van der Waals surface area contributed by atoms with Gasteiger partial charge in [-0.2, -0.15) is 0 Å². The quantitative estimate of drug-likeness (QED) is 0.807. The Morgan fingerprint density at radius 3 is 2.52 bits per heavy atom. The molecule has 2 saturated heterocycles. The molecule has 3 rings (SSSR count). The van der Waals surface area contributed by atoms with Gasteiger partial charge in [0.1, 0.15) is 0 Å². The summed E-state index contributed by atoms with van der Waals surface area (Å²) in [6.45, 7) is 8.00. The molecule has 2 aliphatic heterocycles. The summed E-state index contributed by atoms with van der Waals surface area (Å²) < 4.78 is 6.81. The van der Waals surface area contributed by atoms with Crippen molar-refractivity contribution < 1.29 is 9.53 Å². The molecule has 2 fully saturated rings. The second-order valence-corrected chi connectivity index (χ2v) is 7.69. The fourth-order valence-corrected chi connectivity index (χ4v) is 4.05. The van der Waals surface area contributed by atoms with Crippen molar-refractivity contribution >= 4 is 21.8 Å². The number of hydrogen-bond donors (Lipinski definition) is 0. The van der Waals surface area contributed by atoms with Crippen LogP contribution in [0.3, 0.4) is 0 Å². The second kappa shape index (κ2) is 7.32. The highest BCUT2D eigenvalue weighted by molar-refractivity contribution is 9.10. The standard InChI is InChI=1S/C18H25BrN2O2/c1-13-10-20(11-14(2)23-13)12-17-4-3-9-21(17)18(22)15-5-7-16(19)8-6-15/h5-8,13-14,17H,3-4,9-12H2,1-2H3/t13-,14+,17-/m1/s1. The number of rotatable bonds is 3. The Balaban J connectivity index is 1.65. The van der Waals surface area contributed by atoms with E-state index in [-0.39, 0.29) is 18.1 Å². The van der Waals surface area contributed by atoms with Gasteiger partial charge in [0.05, 0.1) is 12.2 Å². The van der Waals surface area contributed by atoms with Gasteiger partial charge in [0.2, 0.25) is 0 Å². The molecule has 126 valence electrons. The lowest BCUT2D eigenvalue weighted by Gasteiger charge is -2.38. The Morgan fingerprint density at radius 1 is 1.22 bits per heavy atom. The molecule has 0 saturated carbocycles. The molecule has 2 heterocycles. The molecule has 0 unspecified atom stereocenters. The van der Waals surface area contributed by atoms with Crippen LogP contribution >= 0.6 is 15.9 Å². The first-order valence-electron chi connectivity index (χ1n) is 8.47. The Kier molecular flexibility index (Phi) is 5.39. The van der Waals surface area contributed by atoms with Crippen LogP contribution in [0, 0.1) is 0 Å². The zero-order chi connectivity index (χ0) is 16.4. The molecule has 1 amide bonds. The monoisotopic (exact) mass is 380 g/mol. The van der Waals surface area contributed by atoms with Crippen molar-refractivity contribution in [1.82, 2.24) is 9.80 Å². The van der Waals surface area contributed by atoms with E-state index in [0.29, 0.717) is 6.04 Å². The maximum atomic E-state index is 12.8. The van der Waals surface area contributed by atoms with Crippen molar-refractivity contribution in [2.45, 2.75) is 44.9 Å². The number of morpholine rings is 1. The smallest absolute Gasteiger partial charge is 0.254 e. The summed E-state index contributed by atoms with van der Waals surface area (Å²) >= 11 is 3.42.